The number of ketones is 1. The lowest BCUT2D eigenvalue weighted by Crippen LogP contribution is -2.33. The molecular weight excluding hydrogens is 304 g/mol. The second kappa shape index (κ2) is 6.59. The predicted molar refractivity (Wildman–Crippen MR) is 92.5 cm³/mol. The van der Waals surface area contributed by atoms with Gasteiger partial charge in [0, 0.05) is 36.2 Å². The van der Waals surface area contributed by atoms with Crippen LogP contribution in [0.15, 0.2) is 18.2 Å². The minimum Gasteiger partial charge on any atom is -0.450 e. The lowest BCUT2D eigenvalue weighted by atomic mass is 9.97. The minimum absolute atomic E-state index is 0.0553. The Morgan fingerprint density at radius 1 is 1.25 bits per heavy atom. The van der Waals surface area contributed by atoms with Gasteiger partial charge in [0.2, 0.25) is 0 Å². The van der Waals surface area contributed by atoms with Gasteiger partial charge in [0.25, 0.3) is 0 Å². The Morgan fingerprint density at radius 2 is 2.00 bits per heavy atom. The van der Waals surface area contributed by atoms with Crippen LogP contribution in [0.5, 0.6) is 0 Å². The van der Waals surface area contributed by atoms with Gasteiger partial charge < -0.3 is 9.64 Å². The molecule has 24 heavy (non-hydrogen) atoms. The van der Waals surface area contributed by atoms with Crippen molar-refractivity contribution in [2.75, 3.05) is 19.7 Å². The summed E-state index contributed by atoms with van der Waals surface area (Å²) in [6.07, 6.45) is 1.22. The number of carbonyl (C=O) groups excluding carboxylic acids is 2. The van der Waals surface area contributed by atoms with Crippen molar-refractivity contribution in [3.05, 3.63) is 40.6 Å². The van der Waals surface area contributed by atoms with Crippen LogP contribution in [0.3, 0.4) is 0 Å². The summed E-state index contributed by atoms with van der Waals surface area (Å²) >= 11 is 0. The molecule has 0 spiro atoms. The van der Waals surface area contributed by atoms with Crippen LogP contribution in [-0.2, 0) is 17.6 Å². The molecule has 3 rings (SSSR count). The SMILES string of the molecule is CCOC(=O)N1CCc2nc3ccc(C(C)=O)cc3c(C)c2CC1. The molecule has 126 valence electrons. The van der Waals surface area contributed by atoms with Gasteiger partial charge in [-0.3, -0.25) is 9.78 Å². The summed E-state index contributed by atoms with van der Waals surface area (Å²) in [4.78, 5) is 30.2. The van der Waals surface area contributed by atoms with Crippen molar-refractivity contribution in [3.8, 4) is 0 Å². The molecule has 1 aromatic carbocycles. The molecule has 0 aliphatic carbocycles. The standard InChI is InChI=1S/C19H22N2O3/c1-4-24-19(23)21-9-7-15-12(2)16-11-14(13(3)22)5-6-17(16)20-18(15)8-10-21/h5-6,11H,4,7-10H2,1-3H3. The van der Waals surface area contributed by atoms with E-state index in [4.69, 9.17) is 9.72 Å². The fourth-order valence-electron chi connectivity index (χ4n) is 3.28. The first-order chi connectivity index (χ1) is 11.5. The Bertz CT molecular complexity index is 814. The number of carbonyl (C=O) groups is 2. The van der Waals surface area contributed by atoms with Crippen LogP contribution in [0.2, 0.25) is 0 Å². The first-order valence-corrected chi connectivity index (χ1v) is 8.36. The molecule has 5 heteroatoms. The number of fused-ring (bicyclic) bond motifs is 2. The van der Waals surface area contributed by atoms with Crippen LogP contribution >= 0.6 is 0 Å². The number of aromatic nitrogens is 1. The molecule has 0 unspecified atom stereocenters. The van der Waals surface area contributed by atoms with Crippen molar-refractivity contribution >= 4 is 22.8 Å². The molecule has 2 aromatic rings. The van der Waals surface area contributed by atoms with E-state index in [-0.39, 0.29) is 11.9 Å². The van der Waals surface area contributed by atoms with Crippen molar-refractivity contribution in [2.24, 2.45) is 0 Å². The fourth-order valence-corrected chi connectivity index (χ4v) is 3.28. The quantitative estimate of drug-likeness (QED) is 0.795. The zero-order valence-electron chi connectivity index (χ0n) is 14.4. The Labute approximate surface area is 141 Å². The highest BCUT2D eigenvalue weighted by Crippen LogP contribution is 2.27. The van der Waals surface area contributed by atoms with Gasteiger partial charge in [-0.25, -0.2) is 4.79 Å². The fraction of sp³-hybridized carbons (Fsp3) is 0.421. The summed E-state index contributed by atoms with van der Waals surface area (Å²) in [5.74, 6) is 0.0553. The van der Waals surface area contributed by atoms with E-state index in [0.29, 0.717) is 25.3 Å². The summed E-state index contributed by atoms with van der Waals surface area (Å²) in [6.45, 7) is 7.10. The van der Waals surface area contributed by atoms with Gasteiger partial charge in [0.1, 0.15) is 0 Å². The summed E-state index contributed by atoms with van der Waals surface area (Å²) in [7, 11) is 0. The van der Waals surface area contributed by atoms with Crippen LogP contribution < -0.4 is 0 Å². The topological polar surface area (TPSA) is 59.5 Å². The summed E-state index contributed by atoms with van der Waals surface area (Å²) < 4.78 is 5.11. The highest BCUT2D eigenvalue weighted by Gasteiger charge is 2.22. The number of rotatable bonds is 2. The average Bonchev–Trinajstić information content (AvgIpc) is 2.78. The third-order valence-electron chi connectivity index (χ3n) is 4.64. The monoisotopic (exact) mass is 326 g/mol. The van der Waals surface area contributed by atoms with E-state index in [1.807, 2.05) is 25.1 Å². The Kier molecular flexibility index (Phi) is 4.51. The number of aryl methyl sites for hydroxylation is 1. The molecule has 1 aromatic heterocycles. The van der Waals surface area contributed by atoms with Crippen LogP contribution in [0, 0.1) is 6.92 Å². The average molecular weight is 326 g/mol. The molecule has 0 fully saturated rings. The highest BCUT2D eigenvalue weighted by atomic mass is 16.6. The number of hydrogen-bond acceptors (Lipinski definition) is 4. The van der Waals surface area contributed by atoms with Gasteiger partial charge in [0.15, 0.2) is 5.78 Å². The van der Waals surface area contributed by atoms with Gasteiger partial charge in [0.05, 0.1) is 12.1 Å². The Hall–Kier alpha value is -2.43. The molecule has 0 radical (unpaired) electrons. The van der Waals surface area contributed by atoms with Gasteiger partial charge >= 0.3 is 6.09 Å². The molecule has 0 saturated carbocycles. The molecule has 0 bridgehead atoms. The molecule has 1 amide bonds. The molecule has 0 atom stereocenters. The molecule has 2 heterocycles. The zero-order valence-corrected chi connectivity index (χ0v) is 14.4. The molecule has 1 aliphatic heterocycles. The van der Waals surface area contributed by atoms with Crippen LogP contribution in [0.4, 0.5) is 4.79 Å². The van der Waals surface area contributed by atoms with E-state index in [0.717, 1.165) is 35.0 Å². The zero-order chi connectivity index (χ0) is 17.3. The molecular formula is C19H22N2O3. The smallest absolute Gasteiger partial charge is 0.409 e. The van der Waals surface area contributed by atoms with Crippen molar-refractivity contribution in [2.45, 2.75) is 33.6 Å². The minimum atomic E-state index is -0.258. The number of Topliss-reactive ketones (excluding diaryl/α,β-unsaturated/α-hetero) is 1. The van der Waals surface area contributed by atoms with Gasteiger partial charge in [-0.2, -0.15) is 0 Å². The van der Waals surface area contributed by atoms with E-state index in [9.17, 15) is 9.59 Å². The molecule has 5 nitrogen and oxygen atoms in total. The van der Waals surface area contributed by atoms with Gasteiger partial charge in [-0.15, -0.1) is 0 Å². The normalized spacial score (nSPS) is 14.2. The van der Waals surface area contributed by atoms with E-state index in [2.05, 4.69) is 6.92 Å². The summed E-state index contributed by atoms with van der Waals surface area (Å²) in [6, 6.07) is 5.66. The van der Waals surface area contributed by atoms with Gasteiger partial charge in [-0.1, -0.05) is 0 Å². The summed E-state index contributed by atoms with van der Waals surface area (Å²) in [5.41, 5.74) is 5.00. The van der Waals surface area contributed by atoms with Gasteiger partial charge in [-0.05, 0) is 56.5 Å². The first-order valence-electron chi connectivity index (χ1n) is 8.36. The lowest BCUT2D eigenvalue weighted by molar-refractivity contribution is 0.101. The van der Waals surface area contributed by atoms with Crippen LogP contribution in [-0.4, -0.2) is 41.5 Å². The lowest BCUT2D eigenvalue weighted by Gasteiger charge is -2.18. The number of ether oxygens (including phenoxy) is 1. The number of amides is 1. The number of benzene rings is 1. The Balaban J connectivity index is 1.99. The second-order valence-corrected chi connectivity index (χ2v) is 6.14. The van der Waals surface area contributed by atoms with E-state index in [1.54, 1.807) is 11.8 Å². The first kappa shape index (κ1) is 16.4. The number of pyridine rings is 1. The predicted octanol–water partition coefficient (Wildman–Crippen LogP) is 3.30. The maximum absolute atomic E-state index is 12.0. The highest BCUT2D eigenvalue weighted by molar-refractivity contribution is 5.98. The van der Waals surface area contributed by atoms with Crippen molar-refractivity contribution in [1.82, 2.24) is 9.88 Å². The largest absolute Gasteiger partial charge is 0.450 e. The van der Waals surface area contributed by atoms with E-state index >= 15 is 0 Å². The summed E-state index contributed by atoms with van der Waals surface area (Å²) in [5, 5.41) is 1.02. The maximum atomic E-state index is 12.0. The van der Waals surface area contributed by atoms with E-state index < -0.39 is 0 Å². The number of hydrogen-bond donors (Lipinski definition) is 0. The molecule has 1 aliphatic rings. The number of nitrogens with zero attached hydrogens (tertiary/aromatic N) is 2. The Morgan fingerprint density at radius 3 is 2.71 bits per heavy atom. The third-order valence-corrected chi connectivity index (χ3v) is 4.64. The van der Waals surface area contributed by atoms with Crippen molar-refractivity contribution < 1.29 is 14.3 Å². The van der Waals surface area contributed by atoms with E-state index in [1.165, 1.54) is 5.56 Å². The second-order valence-electron chi connectivity index (χ2n) is 6.14. The van der Waals surface area contributed by atoms with Crippen LogP contribution in [0.25, 0.3) is 10.9 Å². The van der Waals surface area contributed by atoms with Crippen molar-refractivity contribution in [1.29, 1.82) is 0 Å². The van der Waals surface area contributed by atoms with Crippen LogP contribution in [0.1, 0.15) is 41.0 Å². The molecule has 0 saturated heterocycles. The third kappa shape index (κ3) is 2.98. The van der Waals surface area contributed by atoms with Crippen molar-refractivity contribution in [3.63, 3.8) is 0 Å². The maximum Gasteiger partial charge on any atom is 0.409 e. The molecule has 0 N–H and O–H groups in total.